The minimum absolute atomic E-state index is 0.581. The average Bonchev–Trinajstić information content (AvgIpc) is 2.71. The second kappa shape index (κ2) is 8.61. The predicted octanol–water partition coefficient (Wildman–Crippen LogP) is 1.78. The molecule has 0 aromatic carbocycles. The van der Waals surface area contributed by atoms with E-state index < -0.39 is 0 Å². The third-order valence-electron chi connectivity index (χ3n) is 2.48. The van der Waals surface area contributed by atoms with Gasteiger partial charge in [-0.05, 0) is 13.0 Å². The van der Waals surface area contributed by atoms with Crippen LogP contribution < -0.4 is 0 Å². The second-order valence-electron chi connectivity index (χ2n) is 4.79. The summed E-state index contributed by atoms with van der Waals surface area (Å²) in [7, 11) is 2.08. The highest BCUT2D eigenvalue weighted by atomic mass is 79.9. The Bertz CT molecular complexity index is 330. The SMILES string of the molecule is CC(C)Cn1ncnc1CN(C)CCOCCBr. The summed E-state index contributed by atoms with van der Waals surface area (Å²) in [5, 5.41) is 5.15. The topological polar surface area (TPSA) is 43.2 Å². The van der Waals surface area contributed by atoms with Gasteiger partial charge in [-0.2, -0.15) is 5.10 Å². The summed E-state index contributed by atoms with van der Waals surface area (Å²) >= 11 is 3.34. The van der Waals surface area contributed by atoms with Crippen LogP contribution in [-0.2, 0) is 17.8 Å². The van der Waals surface area contributed by atoms with E-state index in [1.54, 1.807) is 6.33 Å². The first-order valence-corrected chi connectivity index (χ1v) is 7.44. The first-order chi connectivity index (χ1) is 8.63. The highest BCUT2D eigenvalue weighted by Crippen LogP contribution is 2.03. The van der Waals surface area contributed by atoms with Crippen LogP contribution in [0.1, 0.15) is 19.7 Å². The van der Waals surface area contributed by atoms with Gasteiger partial charge in [0.1, 0.15) is 12.2 Å². The van der Waals surface area contributed by atoms with Crippen LogP contribution in [0.25, 0.3) is 0 Å². The summed E-state index contributed by atoms with van der Waals surface area (Å²) in [6.45, 7) is 8.51. The second-order valence-corrected chi connectivity index (χ2v) is 5.58. The molecule has 6 heteroatoms. The fourth-order valence-electron chi connectivity index (χ4n) is 1.61. The molecule has 1 aromatic heterocycles. The van der Waals surface area contributed by atoms with Crippen LogP contribution in [0.2, 0.25) is 0 Å². The number of halogens is 1. The van der Waals surface area contributed by atoms with Crippen molar-refractivity contribution in [3.05, 3.63) is 12.2 Å². The Balaban J connectivity index is 2.34. The summed E-state index contributed by atoms with van der Waals surface area (Å²) in [5.41, 5.74) is 0. The molecule has 104 valence electrons. The largest absolute Gasteiger partial charge is 0.379 e. The van der Waals surface area contributed by atoms with Gasteiger partial charge in [-0.25, -0.2) is 9.67 Å². The highest BCUT2D eigenvalue weighted by molar-refractivity contribution is 9.09. The first kappa shape index (κ1) is 15.6. The maximum Gasteiger partial charge on any atom is 0.141 e. The predicted molar refractivity (Wildman–Crippen MR) is 75.8 cm³/mol. The molecule has 0 bridgehead atoms. The van der Waals surface area contributed by atoms with Crippen molar-refractivity contribution in [2.24, 2.45) is 5.92 Å². The molecule has 0 aliphatic carbocycles. The first-order valence-electron chi connectivity index (χ1n) is 6.32. The molecular formula is C12H23BrN4O. The maximum absolute atomic E-state index is 5.44. The lowest BCUT2D eigenvalue weighted by molar-refractivity contribution is 0.121. The van der Waals surface area contributed by atoms with Crippen LogP contribution in [0, 0.1) is 5.92 Å². The van der Waals surface area contributed by atoms with E-state index in [0.717, 1.165) is 44.0 Å². The Hall–Kier alpha value is -0.460. The van der Waals surface area contributed by atoms with Crippen molar-refractivity contribution >= 4 is 15.9 Å². The molecule has 0 N–H and O–H groups in total. The number of hydrogen-bond acceptors (Lipinski definition) is 4. The molecule has 0 radical (unpaired) electrons. The van der Waals surface area contributed by atoms with Crippen LogP contribution >= 0.6 is 15.9 Å². The van der Waals surface area contributed by atoms with E-state index >= 15 is 0 Å². The zero-order valence-corrected chi connectivity index (χ0v) is 13.1. The van der Waals surface area contributed by atoms with E-state index in [1.807, 2.05) is 4.68 Å². The van der Waals surface area contributed by atoms with Crippen molar-refractivity contribution in [2.75, 3.05) is 32.1 Å². The number of rotatable bonds is 9. The van der Waals surface area contributed by atoms with Gasteiger partial charge < -0.3 is 4.74 Å². The molecular weight excluding hydrogens is 296 g/mol. The molecule has 0 unspecified atom stereocenters. The molecule has 0 fully saturated rings. The lowest BCUT2D eigenvalue weighted by atomic mass is 10.2. The summed E-state index contributed by atoms with van der Waals surface area (Å²) in [5.74, 6) is 1.60. The Kier molecular flexibility index (Phi) is 7.46. The van der Waals surface area contributed by atoms with E-state index in [4.69, 9.17) is 4.74 Å². The molecule has 5 nitrogen and oxygen atoms in total. The van der Waals surface area contributed by atoms with E-state index in [1.165, 1.54) is 0 Å². The van der Waals surface area contributed by atoms with Crippen LogP contribution in [0.5, 0.6) is 0 Å². The van der Waals surface area contributed by atoms with Crippen LogP contribution in [-0.4, -0.2) is 51.8 Å². The molecule has 1 heterocycles. The van der Waals surface area contributed by atoms with Gasteiger partial charge >= 0.3 is 0 Å². The number of alkyl halides is 1. The van der Waals surface area contributed by atoms with Gasteiger partial charge in [0.2, 0.25) is 0 Å². The summed E-state index contributed by atoms with van der Waals surface area (Å²) in [4.78, 5) is 6.52. The van der Waals surface area contributed by atoms with E-state index in [2.05, 4.69) is 51.8 Å². The summed E-state index contributed by atoms with van der Waals surface area (Å²) in [6.07, 6.45) is 1.63. The van der Waals surface area contributed by atoms with E-state index in [0.29, 0.717) is 5.92 Å². The van der Waals surface area contributed by atoms with Gasteiger partial charge in [-0.15, -0.1) is 0 Å². The van der Waals surface area contributed by atoms with Crippen LogP contribution in [0.3, 0.4) is 0 Å². The molecule has 0 atom stereocenters. The zero-order valence-electron chi connectivity index (χ0n) is 11.5. The average molecular weight is 319 g/mol. The minimum Gasteiger partial charge on any atom is -0.379 e. The van der Waals surface area contributed by atoms with Crippen molar-refractivity contribution < 1.29 is 4.74 Å². The number of likely N-dealkylation sites (N-methyl/N-ethyl adjacent to an activating group) is 1. The fourth-order valence-corrected chi connectivity index (χ4v) is 1.84. The van der Waals surface area contributed by atoms with E-state index in [-0.39, 0.29) is 0 Å². The van der Waals surface area contributed by atoms with Crippen molar-refractivity contribution in [3.8, 4) is 0 Å². The van der Waals surface area contributed by atoms with Crippen LogP contribution in [0.15, 0.2) is 6.33 Å². The standard InChI is InChI=1S/C12H23BrN4O/c1-11(2)8-17-12(14-10-15-17)9-16(3)5-7-18-6-4-13/h10-11H,4-9H2,1-3H3. The third kappa shape index (κ3) is 5.93. The highest BCUT2D eigenvalue weighted by Gasteiger charge is 2.08. The van der Waals surface area contributed by atoms with Gasteiger partial charge in [0.05, 0.1) is 19.8 Å². The van der Waals surface area contributed by atoms with Crippen molar-refractivity contribution in [2.45, 2.75) is 26.9 Å². The number of nitrogens with zero attached hydrogens (tertiary/aromatic N) is 4. The number of aromatic nitrogens is 3. The molecule has 1 aromatic rings. The lowest BCUT2D eigenvalue weighted by Gasteiger charge is -2.17. The molecule has 18 heavy (non-hydrogen) atoms. The Morgan fingerprint density at radius 3 is 2.89 bits per heavy atom. The van der Waals surface area contributed by atoms with Crippen molar-refractivity contribution in [1.29, 1.82) is 0 Å². The third-order valence-corrected chi connectivity index (χ3v) is 2.81. The molecule has 0 aliphatic rings. The van der Waals surface area contributed by atoms with Gasteiger partial charge in [0.25, 0.3) is 0 Å². The molecule has 1 rings (SSSR count). The summed E-state index contributed by atoms with van der Waals surface area (Å²) in [6, 6.07) is 0. The van der Waals surface area contributed by atoms with Crippen molar-refractivity contribution in [1.82, 2.24) is 19.7 Å². The molecule has 0 spiro atoms. The Morgan fingerprint density at radius 2 is 2.22 bits per heavy atom. The molecule has 0 saturated carbocycles. The monoisotopic (exact) mass is 318 g/mol. The van der Waals surface area contributed by atoms with Gasteiger partial charge in [0, 0.05) is 18.4 Å². The van der Waals surface area contributed by atoms with Gasteiger partial charge in [-0.3, -0.25) is 4.90 Å². The lowest BCUT2D eigenvalue weighted by Crippen LogP contribution is -2.25. The molecule has 0 saturated heterocycles. The maximum atomic E-state index is 5.44. The normalized spacial score (nSPS) is 11.7. The van der Waals surface area contributed by atoms with Gasteiger partial charge in [-0.1, -0.05) is 29.8 Å². The smallest absolute Gasteiger partial charge is 0.141 e. The summed E-state index contributed by atoms with van der Waals surface area (Å²) < 4.78 is 7.42. The fraction of sp³-hybridized carbons (Fsp3) is 0.833. The van der Waals surface area contributed by atoms with Gasteiger partial charge in [0.15, 0.2) is 0 Å². The Labute approximate surface area is 118 Å². The Morgan fingerprint density at radius 1 is 1.44 bits per heavy atom. The zero-order chi connectivity index (χ0) is 13.4. The number of ether oxygens (including phenoxy) is 1. The van der Waals surface area contributed by atoms with Crippen molar-refractivity contribution in [3.63, 3.8) is 0 Å². The molecule has 0 amide bonds. The van der Waals surface area contributed by atoms with Crippen LogP contribution in [0.4, 0.5) is 0 Å². The molecule has 0 aliphatic heterocycles. The number of hydrogen-bond donors (Lipinski definition) is 0. The van der Waals surface area contributed by atoms with E-state index in [9.17, 15) is 0 Å². The quantitative estimate of drug-likeness (QED) is 0.514. The minimum atomic E-state index is 0.581.